The Balaban J connectivity index is 1.77. The van der Waals surface area contributed by atoms with Gasteiger partial charge in [-0.25, -0.2) is 0 Å². The van der Waals surface area contributed by atoms with Crippen LogP contribution in [0, 0.1) is 0 Å². The Bertz CT molecular complexity index is 470. The van der Waals surface area contributed by atoms with Crippen LogP contribution in [0.25, 0.3) is 0 Å². The van der Waals surface area contributed by atoms with Gasteiger partial charge < -0.3 is 15.8 Å². The SMILES string of the molecule is NCc1ccc(NC(=O)CS(=O)CC2CCCO2)cc1. The van der Waals surface area contributed by atoms with Gasteiger partial charge in [0, 0.05) is 29.6 Å². The van der Waals surface area contributed by atoms with E-state index in [2.05, 4.69) is 5.32 Å². The van der Waals surface area contributed by atoms with Crippen molar-refractivity contribution in [2.24, 2.45) is 5.73 Å². The van der Waals surface area contributed by atoms with Gasteiger partial charge in [0.1, 0.15) is 5.75 Å². The van der Waals surface area contributed by atoms with E-state index in [0.717, 1.165) is 25.0 Å². The molecular weight excluding hydrogens is 276 g/mol. The lowest BCUT2D eigenvalue weighted by molar-refractivity contribution is -0.113. The zero-order chi connectivity index (χ0) is 14.4. The van der Waals surface area contributed by atoms with Crippen molar-refractivity contribution in [3.05, 3.63) is 29.8 Å². The number of ether oxygens (including phenoxy) is 1. The average molecular weight is 296 g/mol. The maximum atomic E-state index is 11.9. The highest BCUT2D eigenvalue weighted by molar-refractivity contribution is 7.85. The largest absolute Gasteiger partial charge is 0.377 e. The second-order valence-electron chi connectivity index (χ2n) is 4.84. The third-order valence-corrected chi connectivity index (χ3v) is 4.49. The monoisotopic (exact) mass is 296 g/mol. The van der Waals surface area contributed by atoms with Gasteiger partial charge in [-0.15, -0.1) is 0 Å². The van der Waals surface area contributed by atoms with E-state index < -0.39 is 10.8 Å². The Morgan fingerprint density at radius 1 is 1.40 bits per heavy atom. The van der Waals surface area contributed by atoms with Crippen LogP contribution in [0.4, 0.5) is 5.69 Å². The van der Waals surface area contributed by atoms with Crippen molar-refractivity contribution in [3.8, 4) is 0 Å². The van der Waals surface area contributed by atoms with Gasteiger partial charge in [0.2, 0.25) is 5.91 Å². The molecule has 2 unspecified atom stereocenters. The van der Waals surface area contributed by atoms with Gasteiger partial charge in [-0.05, 0) is 30.5 Å². The molecule has 1 saturated heterocycles. The van der Waals surface area contributed by atoms with Crippen molar-refractivity contribution in [1.29, 1.82) is 0 Å². The molecule has 0 aromatic heterocycles. The van der Waals surface area contributed by atoms with E-state index in [4.69, 9.17) is 10.5 Å². The number of nitrogens with two attached hydrogens (primary N) is 1. The summed E-state index contributed by atoms with van der Waals surface area (Å²) in [5.74, 6) is 0.222. The summed E-state index contributed by atoms with van der Waals surface area (Å²) >= 11 is 0. The number of amides is 1. The van der Waals surface area contributed by atoms with Crippen LogP contribution in [-0.4, -0.2) is 34.3 Å². The first-order valence-corrected chi connectivity index (χ1v) is 8.21. The van der Waals surface area contributed by atoms with E-state index in [9.17, 15) is 9.00 Å². The van der Waals surface area contributed by atoms with Crippen LogP contribution in [0.3, 0.4) is 0 Å². The predicted molar refractivity (Wildman–Crippen MR) is 79.8 cm³/mol. The molecule has 5 nitrogen and oxygen atoms in total. The van der Waals surface area contributed by atoms with Gasteiger partial charge in [-0.2, -0.15) is 0 Å². The molecule has 3 N–H and O–H groups in total. The molecule has 6 heteroatoms. The third kappa shape index (κ3) is 4.70. The molecule has 2 rings (SSSR count). The quantitative estimate of drug-likeness (QED) is 0.821. The van der Waals surface area contributed by atoms with Gasteiger partial charge in [-0.1, -0.05) is 12.1 Å². The van der Waals surface area contributed by atoms with Crippen molar-refractivity contribution in [2.45, 2.75) is 25.5 Å². The predicted octanol–water partition coefficient (Wildman–Crippen LogP) is 1.01. The minimum absolute atomic E-state index is 0.0124. The Morgan fingerprint density at radius 3 is 2.75 bits per heavy atom. The summed E-state index contributed by atoms with van der Waals surface area (Å²) in [6.07, 6.45) is 2.00. The Hall–Kier alpha value is -1.24. The standard InChI is InChI=1S/C14H20N2O3S/c15-8-11-3-5-12(6-4-11)16-14(17)10-20(18)9-13-2-1-7-19-13/h3-6,13H,1-2,7-10,15H2,(H,16,17). The molecule has 0 saturated carbocycles. The van der Waals surface area contributed by atoms with Crippen LogP contribution < -0.4 is 11.1 Å². The Kier molecular flexibility index (Phi) is 5.70. The molecule has 0 aliphatic carbocycles. The summed E-state index contributed by atoms with van der Waals surface area (Å²) in [6.45, 7) is 1.21. The van der Waals surface area contributed by atoms with Crippen LogP contribution in [0.5, 0.6) is 0 Å². The lowest BCUT2D eigenvalue weighted by atomic mass is 10.2. The first-order valence-electron chi connectivity index (χ1n) is 6.73. The zero-order valence-electron chi connectivity index (χ0n) is 11.3. The maximum Gasteiger partial charge on any atom is 0.236 e. The highest BCUT2D eigenvalue weighted by Gasteiger charge is 2.19. The van der Waals surface area contributed by atoms with Crippen molar-refractivity contribution >= 4 is 22.4 Å². The molecule has 1 amide bonds. The van der Waals surface area contributed by atoms with Gasteiger partial charge in [-0.3, -0.25) is 9.00 Å². The van der Waals surface area contributed by atoms with Crippen molar-refractivity contribution in [1.82, 2.24) is 0 Å². The summed E-state index contributed by atoms with van der Waals surface area (Å²) in [7, 11) is -1.18. The minimum atomic E-state index is -1.18. The minimum Gasteiger partial charge on any atom is -0.377 e. The van der Waals surface area contributed by atoms with E-state index in [0.29, 0.717) is 18.0 Å². The topological polar surface area (TPSA) is 81.4 Å². The highest BCUT2D eigenvalue weighted by Crippen LogP contribution is 2.13. The number of hydrogen-bond donors (Lipinski definition) is 2. The molecule has 110 valence electrons. The zero-order valence-corrected chi connectivity index (χ0v) is 12.2. The summed E-state index contributed by atoms with van der Waals surface area (Å²) < 4.78 is 17.3. The molecule has 2 atom stereocenters. The second-order valence-corrected chi connectivity index (χ2v) is 6.34. The van der Waals surface area contributed by atoms with E-state index >= 15 is 0 Å². The summed E-state index contributed by atoms with van der Waals surface area (Å²) in [5.41, 5.74) is 7.21. The average Bonchev–Trinajstić information content (AvgIpc) is 2.92. The molecule has 1 aliphatic rings. The number of hydrogen-bond acceptors (Lipinski definition) is 4. The second kappa shape index (κ2) is 7.52. The maximum absolute atomic E-state index is 11.9. The molecule has 1 aromatic rings. The van der Waals surface area contributed by atoms with Crippen LogP contribution in [-0.2, 0) is 26.9 Å². The fourth-order valence-electron chi connectivity index (χ4n) is 2.11. The Labute approximate surface area is 121 Å². The van der Waals surface area contributed by atoms with E-state index in [1.807, 2.05) is 12.1 Å². The normalized spacial score (nSPS) is 19.8. The smallest absolute Gasteiger partial charge is 0.236 e. The van der Waals surface area contributed by atoms with Crippen LogP contribution >= 0.6 is 0 Å². The molecule has 1 aliphatic heterocycles. The number of carbonyl (C=O) groups is 1. The van der Waals surface area contributed by atoms with Crippen molar-refractivity contribution in [3.63, 3.8) is 0 Å². The van der Waals surface area contributed by atoms with Crippen LogP contribution in [0.1, 0.15) is 18.4 Å². The van der Waals surface area contributed by atoms with Gasteiger partial charge in [0.25, 0.3) is 0 Å². The number of rotatable bonds is 6. The summed E-state index contributed by atoms with van der Waals surface area (Å²) in [6, 6.07) is 7.31. The number of benzene rings is 1. The van der Waals surface area contributed by atoms with Gasteiger partial charge >= 0.3 is 0 Å². The number of carbonyl (C=O) groups excluding carboxylic acids is 1. The molecule has 20 heavy (non-hydrogen) atoms. The molecule has 0 bridgehead atoms. The third-order valence-electron chi connectivity index (χ3n) is 3.16. The molecule has 0 spiro atoms. The first kappa shape index (κ1) is 15.2. The fraction of sp³-hybridized carbons (Fsp3) is 0.500. The van der Waals surface area contributed by atoms with Gasteiger partial charge in [0.05, 0.1) is 11.9 Å². The lowest BCUT2D eigenvalue weighted by Gasteiger charge is -2.09. The summed E-state index contributed by atoms with van der Waals surface area (Å²) in [4.78, 5) is 11.8. The molecule has 1 aromatic carbocycles. The lowest BCUT2D eigenvalue weighted by Crippen LogP contribution is -2.25. The fourth-order valence-corrected chi connectivity index (χ4v) is 3.27. The van der Waals surface area contributed by atoms with E-state index in [1.54, 1.807) is 12.1 Å². The number of nitrogens with one attached hydrogen (secondary N) is 1. The molecule has 0 radical (unpaired) electrons. The summed E-state index contributed by atoms with van der Waals surface area (Å²) in [5, 5.41) is 2.74. The molecular formula is C14H20N2O3S. The van der Waals surface area contributed by atoms with Crippen LogP contribution in [0.2, 0.25) is 0 Å². The number of anilines is 1. The van der Waals surface area contributed by atoms with E-state index in [-0.39, 0.29) is 17.8 Å². The van der Waals surface area contributed by atoms with E-state index in [1.165, 1.54) is 0 Å². The first-order chi connectivity index (χ1) is 9.67. The Morgan fingerprint density at radius 2 is 2.15 bits per heavy atom. The highest BCUT2D eigenvalue weighted by atomic mass is 32.2. The molecule has 1 heterocycles. The molecule has 1 fully saturated rings. The van der Waals surface area contributed by atoms with Crippen LogP contribution in [0.15, 0.2) is 24.3 Å². The van der Waals surface area contributed by atoms with Crippen molar-refractivity contribution < 1.29 is 13.7 Å². The van der Waals surface area contributed by atoms with Gasteiger partial charge in [0.15, 0.2) is 0 Å². The van der Waals surface area contributed by atoms with Crippen molar-refractivity contribution in [2.75, 3.05) is 23.4 Å².